The molecule has 8 aromatic rings. The van der Waals surface area contributed by atoms with Crippen molar-refractivity contribution in [2.24, 2.45) is 0 Å². The van der Waals surface area contributed by atoms with Crippen molar-refractivity contribution in [3.8, 4) is 0 Å². The molecule has 0 unspecified atom stereocenters. The molecule has 6 aromatic carbocycles. The van der Waals surface area contributed by atoms with Crippen LogP contribution in [0.25, 0.3) is 54.3 Å². The van der Waals surface area contributed by atoms with Crippen LogP contribution in [0.3, 0.4) is 0 Å². The average molecular weight is 719 g/mol. The predicted molar refractivity (Wildman–Crippen MR) is 169 cm³/mol. The number of aromatic nitrogens is 3. The second kappa shape index (κ2) is 10.6. The summed E-state index contributed by atoms with van der Waals surface area (Å²) in [7, 11) is 2.06. The number of imidazole rings is 1. The summed E-state index contributed by atoms with van der Waals surface area (Å²) in [6.07, 6.45) is 3.46. The Morgan fingerprint density at radius 1 is 0.667 bits per heavy atom. The molecule has 0 spiro atoms. The molecule has 0 bridgehead atoms. The number of hydrogen-bond donors (Lipinski definition) is 0. The third-order valence-corrected chi connectivity index (χ3v) is 7.83. The molecular weight excluding hydrogens is 695 g/mol. The van der Waals surface area contributed by atoms with Crippen molar-refractivity contribution in [1.29, 1.82) is 0 Å². The number of anilines is 3. The molecule has 0 aliphatic carbocycles. The maximum Gasteiger partial charge on any atom is 3.00 e. The molecule has 0 saturated carbocycles. The zero-order valence-electron chi connectivity index (χ0n) is 22.7. The van der Waals surface area contributed by atoms with Crippen LogP contribution in [0.4, 0.5) is 17.1 Å². The minimum absolute atomic E-state index is 0. The van der Waals surface area contributed by atoms with E-state index in [1.165, 1.54) is 43.7 Å². The number of hydrogen-bond acceptors (Lipinski definition) is 4. The van der Waals surface area contributed by atoms with Crippen molar-refractivity contribution in [3.63, 3.8) is 0 Å². The summed E-state index contributed by atoms with van der Waals surface area (Å²) in [5.74, 6) is 0. The van der Waals surface area contributed by atoms with E-state index in [0.29, 0.717) is 0 Å². The van der Waals surface area contributed by atoms with E-state index in [2.05, 4.69) is 129 Å². The molecule has 42 heavy (non-hydrogen) atoms. The minimum Gasteiger partial charge on any atom is -0.504 e. The van der Waals surface area contributed by atoms with Gasteiger partial charge >= 0.3 is 20.1 Å². The summed E-state index contributed by atoms with van der Waals surface area (Å²) >= 11 is 0. The van der Waals surface area contributed by atoms with Crippen molar-refractivity contribution >= 4 is 71.3 Å². The molecule has 0 fully saturated rings. The number of nitrogens with zero attached hydrogens (tertiary/aromatic N) is 5. The van der Waals surface area contributed by atoms with Crippen molar-refractivity contribution in [1.82, 2.24) is 15.0 Å². The second-order valence-electron chi connectivity index (χ2n) is 10.2. The van der Waals surface area contributed by atoms with Crippen LogP contribution >= 0.6 is 0 Å². The van der Waals surface area contributed by atoms with Crippen molar-refractivity contribution in [2.75, 3.05) is 16.8 Å². The van der Waals surface area contributed by atoms with E-state index in [0.717, 1.165) is 27.6 Å². The standard InChI is InChI=1S/C22H12N3.C14H12N2.Ir/c1-2-5-15-13(4-1)7-8-14-9-10-16-17-6-3-11-23-20(17)22-21(24-12-25-22)19(16)18(14)15;1-15-11-16(12-7-3-2-4-8-12)14-10-6-5-9-13(14)15;/h1-12H;2-7,9-11H,1H3;/q-1;-2;+3. The van der Waals surface area contributed by atoms with Gasteiger partial charge in [-0.1, -0.05) is 73.1 Å². The van der Waals surface area contributed by atoms with E-state index >= 15 is 0 Å². The first-order valence-corrected chi connectivity index (χ1v) is 13.6. The van der Waals surface area contributed by atoms with Crippen LogP contribution in [0.2, 0.25) is 0 Å². The molecule has 0 saturated heterocycles. The number of pyridine rings is 1. The first-order valence-electron chi connectivity index (χ1n) is 13.6. The van der Waals surface area contributed by atoms with Gasteiger partial charge in [-0.05, 0) is 68.6 Å². The summed E-state index contributed by atoms with van der Waals surface area (Å²) in [5.41, 5.74) is 6.22. The van der Waals surface area contributed by atoms with E-state index in [4.69, 9.17) is 0 Å². The fourth-order valence-electron chi connectivity index (χ4n) is 5.99. The van der Waals surface area contributed by atoms with Gasteiger partial charge in [0, 0.05) is 23.0 Å². The van der Waals surface area contributed by atoms with Gasteiger partial charge in [0.2, 0.25) is 0 Å². The Morgan fingerprint density at radius 2 is 1.43 bits per heavy atom. The van der Waals surface area contributed by atoms with E-state index in [-0.39, 0.29) is 20.1 Å². The zero-order chi connectivity index (χ0) is 27.3. The van der Waals surface area contributed by atoms with Crippen LogP contribution in [0, 0.1) is 12.7 Å². The molecule has 1 aliphatic rings. The molecular formula is C36H24IrN5. The number of benzene rings is 6. The average Bonchev–Trinajstić information content (AvgIpc) is 3.67. The maximum absolute atomic E-state index is 4.60. The van der Waals surface area contributed by atoms with Gasteiger partial charge in [0.25, 0.3) is 0 Å². The molecule has 202 valence electrons. The first-order chi connectivity index (χ1) is 20.3. The number of fused-ring (bicyclic) bond motifs is 11. The van der Waals surface area contributed by atoms with Crippen molar-refractivity contribution < 1.29 is 20.1 Å². The van der Waals surface area contributed by atoms with Crippen molar-refractivity contribution in [2.45, 2.75) is 0 Å². The number of para-hydroxylation sites is 3. The van der Waals surface area contributed by atoms with Crippen LogP contribution in [-0.4, -0.2) is 17.0 Å². The van der Waals surface area contributed by atoms with Gasteiger partial charge in [-0.2, -0.15) is 37.0 Å². The van der Waals surface area contributed by atoms with Crippen LogP contribution in [0.5, 0.6) is 0 Å². The zero-order valence-corrected chi connectivity index (χ0v) is 25.1. The molecule has 0 radical (unpaired) electrons. The quantitative estimate of drug-likeness (QED) is 0.126. The Labute approximate surface area is 256 Å². The normalized spacial score (nSPS) is 12.5. The monoisotopic (exact) mass is 719 g/mol. The van der Waals surface area contributed by atoms with Crippen LogP contribution in [0.1, 0.15) is 0 Å². The van der Waals surface area contributed by atoms with Gasteiger partial charge in [0.1, 0.15) is 0 Å². The van der Waals surface area contributed by atoms with Crippen molar-refractivity contribution in [3.05, 3.63) is 134 Å². The summed E-state index contributed by atoms with van der Waals surface area (Å²) in [6, 6.07) is 41.0. The summed E-state index contributed by atoms with van der Waals surface area (Å²) in [6.45, 7) is 2.08. The predicted octanol–water partition coefficient (Wildman–Crippen LogP) is 8.39. The third kappa shape index (κ3) is 4.11. The van der Waals surface area contributed by atoms with E-state index in [9.17, 15) is 0 Å². The van der Waals surface area contributed by atoms with Gasteiger partial charge in [0.05, 0.1) is 5.52 Å². The third-order valence-electron chi connectivity index (χ3n) is 7.83. The topological polar surface area (TPSA) is 46.4 Å². The Balaban J connectivity index is 0.000000147. The first kappa shape index (κ1) is 26.1. The van der Waals surface area contributed by atoms with Gasteiger partial charge in [-0.3, -0.25) is 4.98 Å². The Hall–Kier alpha value is -4.77. The van der Waals surface area contributed by atoms with Gasteiger partial charge in [-0.25, -0.2) is 0 Å². The Bertz CT molecular complexity index is 2220. The molecule has 6 heteroatoms. The van der Waals surface area contributed by atoms with Crippen LogP contribution in [-0.2, 0) is 20.1 Å². The summed E-state index contributed by atoms with van der Waals surface area (Å²) in [4.78, 5) is 18.0. The number of rotatable bonds is 1. The Kier molecular flexibility index (Phi) is 6.58. The summed E-state index contributed by atoms with van der Waals surface area (Å²) in [5, 5.41) is 8.42. The Morgan fingerprint density at radius 3 is 2.31 bits per heavy atom. The largest absolute Gasteiger partial charge is 3.00 e. The van der Waals surface area contributed by atoms with E-state index in [1.54, 1.807) is 6.33 Å². The molecule has 3 heterocycles. The summed E-state index contributed by atoms with van der Waals surface area (Å²) < 4.78 is 0. The SMILES string of the molecule is CN1[CH-]N(c2[c-]cccc2)c2ccccc21.[Ir+3].c1ccc2c(c1)ccc1ccc3c4cccnc4c4[n-]cnc4c3c12. The molecule has 0 N–H and O–H groups in total. The second-order valence-corrected chi connectivity index (χ2v) is 10.2. The minimum atomic E-state index is 0. The molecule has 9 rings (SSSR count). The van der Waals surface area contributed by atoms with Crippen LogP contribution in [0.15, 0.2) is 122 Å². The molecule has 0 atom stereocenters. The fourth-order valence-corrected chi connectivity index (χ4v) is 5.99. The van der Waals surface area contributed by atoms with Gasteiger partial charge in [0.15, 0.2) is 0 Å². The van der Waals surface area contributed by atoms with E-state index in [1.807, 2.05) is 30.5 Å². The molecule has 0 amide bonds. The smallest absolute Gasteiger partial charge is 0.504 e. The molecule has 5 nitrogen and oxygen atoms in total. The van der Waals surface area contributed by atoms with Crippen LogP contribution < -0.4 is 14.8 Å². The molecule has 1 aliphatic heterocycles. The fraction of sp³-hybridized carbons (Fsp3) is 0.0278. The van der Waals surface area contributed by atoms with Gasteiger partial charge in [-0.15, -0.1) is 5.69 Å². The van der Waals surface area contributed by atoms with E-state index < -0.39 is 0 Å². The maximum atomic E-state index is 4.60. The van der Waals surface area contributed by atoms with Gasteiger partial charge < -0.3 is 19.8 Å². The molecule has 2 aromatic heterocycles.